The van der Waals surface area contributed by atoms with Crippen LogP contribution in [0, 0.1) is 5.82 Å². The van der Waals surface area contributed by atoms with Crippen LogP contribution < -0.4 is 15.4 Å². The van der Waals surface area contributed by atoms with E-state index in [0.29, 0.717) is 22.7 Å². The van der Waals surface area contributed by atoms with E-state index in [4.69, 9.17) is 4.74 Å². The van der Waals surface area contributed by atoms with Crippen molar-refractivity contribution in [2.45, 2.75) is 19.3 Å². The van der Waals surface area contributed by atoms with Gasteiger partial charge >= 0.3 is 0 Å². The van der Waals surface area contributed by atoms with E-state index in [1.807, 2.05) is 0 Å². The number of methoxy groups -OCH3 is 1. The number of nitrogens with one attached hydrogen (secondary N) is 2. The highest BCUT2D eigenvalue weighted by molar-refractivity contribution is 5.95. The fraction of sp³-hybridized carbons (Fsp3) is 0.261. The van der Waals surface area contributed by atoms with Crippen LogP contribution in [0.5, 0.6) is 5.75 Å². The summed E-state index contributed by atoms with van der Waals surface area (Å²) < 4.78 is 20.9. The number of carbonyl (C=O) groups excluding carboxylic acids is 2. The van der Waals surface area contributed by atoms with Crippen molar-refractivity contribution >= 4 is 11.8 Å². The monoisotopic (exact) mass is 422 g/mol. The number of para-hydroxylation sites is 1. The molecule has 0 atom stereocenters. The van der Waals surface area contributed by atoms with E-state index in [1.54, 1.807) is 49.6 Å². The minimum absolute atomic E-state index is 0.235. The van der Waals surface area contributed by atoms with Crippen LogP contribution in [-0.4, -0.2) is 41.8 Å². The first-order valence-electron chi connectivity index (χ1n) is 10.1. The molecule has 0 fully saturated rings. The molecule has 1 heterocycles. The standard InChI is InChI=1S/C23H23FN4O3/c1-31-16-11-9-15(10-12-16)22(29)25-13-14-26-23(30)21-17-5-4-8-19(17)28(27-21)20-7-3-2-6-18(20)24/h2-3,6-7,9-12H,4-5,8,13-14H2,1H3,(H,25,29)(H,26,30). The molecule has 0 saturated carbocycles. The molecule has 0 radical (unpaired) electrons. The number of amides is 2. The van der Waals surface area contributed by atoms with Gasteiger partial charge in [0.2, 0.25) is 0 Å². The highest BCUT2D eigenvalue weighted by Crippen LogP contribution is 2.28. The Balaban J connectivity index is 1.37. The molecule has 1 aliphatic carbocycles. The maximum Gasteiger partial charge on any atom is 0.272 e. The van der Waals surface area contributed by atoms with Crippen LogP contribution in [0.3, 0.4) is 0 Å². The third-order valence-electron chi connectivity index (χ3n) is 5.27. The lowest BCUT2D eigenvalue weighted by Gasteiger charge is -2.08. The van der Waals surface area contributed by atoms with Crippen molar-refractivity contribution in [1.29, 1.82) is 0 Å². The molecule has 7 nitrogen and oxygen atoms in total. The summed E-state index contributed by atoms with van der Waals surface area (Å²) in [5.41, 5.74) is 2.91. The molecule has 160 valence electrons. The first-order valence-corrected chi connectivity index (χ1v) is 10.1. The zero-order valence-corrected chi connectivity index (χ0v) is 17.2. The number of rotatable bonds is 7. The number of aromatic nitrogens is 2. The summed E-state index contributed by atoms with van der Waals surface area (Å²) in [6.45, 7) is 0.523. The van der Waals surface area contributed by atoms with Crippen LogP contribution in [0.1, 0.15) is 38.5 Å². The summed E-state index contributed by atoms with van der Waals surface area (Å²) in [7, 11) is 1.56. The summed E-state index contributed by atoms with van der Waals surface area (Å²) in [6, 6.07) is 13.2. The Bertz CT molecular complexity index is 1110. The number of nitrogens with zero attached hydrogens (tertiary/aromatic N) is 2. The summed E-state index contributed by atoms with van der Waals surface area (Å²) >= 11 is 0. The lowest BCUT2D eigenvalue weighted by atomic mass is 10.2. The predicted molar refractivity (Wildman–Crippen MR) is 113 cm³/mol. The van der Waals surface area contributed by atoms with Crippen molar-refractivity contribution in [2.75, 3.05) is 20.2 Å². The average Bonchev–Trinajstić information content (AvgIpc) is 3.40. The van der Waals surface area contributed by atoms with Crippen molar-refractivity contribution in [1.82, 2.24) is 20.4 Å². The zero-order chi connectivity index (χ0) is 21.8. The second kappa shape index (κ2) is 8.99. The zero-order valence-electron chi connectivity index (χ0n) is 17.2. The van der Waals surface area contributed by atoms with E-state index in [0.717, 1.165) is 30.5 Å². The van der Waals surface area contributed by atoms with Gasteiger partial charge in [-0.15, -0.1) is 0 Å². The van der Waals surface area contributed by atoms with E-state index >= 15 is 0 Å². The third-order valence-corrected chi connectivity index (χ3v) is 5.27. The summed E-state index contributed by atoms with van der Waals surface area (Å²) in [5.74, 6) is -0.271. The Kier molecular flexibility index (Phi) is 5.97. The van der Waals surface area contributed by atoms with Gasteiger partial charge in [-0.25, -0.2) is 9.07 Å². The Labute approximate surface area is 179 Å². The quantitative estimate of drug-likeness (QED) is 0.574. The minimum Gasteiger partial charge on any atom is -0.497 e. The molecule has 0 saturated heterocycles. The first kappa shape index (κ1) is 20.6. The van der Waals surface area contributed by atoms with Crippen molar-refractivity contribution in [3.63, 3.8) is 0 Å². The van der Waals surface area contributed by atoms with Gasteiger partial charge in [-0.3, -0.25) is 9.59 Å². The lowest BCUT2D eigenvalue weighted by molar-refractivity contribution is 0.0924. The SMILES string of the molecule is COc1ccc(C(=O)NCCNC(=O)c2nn(-c3ccccc3F)c3c2CCC3)cc1. The predicted octanol–water partition coefficient (Wildman–Crippen LogP) is 2.67. The van der Waals surface area contributed by atoms with Gasteiger partial charge in [0.15, 0.2) is 5.69 Å². The Morgan fingerprint density at radius 2 is 1.74 bits per heavy atom. The highest BCUT2D eigenvalue weighted by atomic mass is 19.1. The molecule has 2 N–H and O–H groups in total. The fourth-order valence-electron chi connectivity index (χ4n) is 3.72. The number of hydrogen-bond acceptors (Lipinski definition) is 4. The van der Waals surface area contributed by atoms with Gasteiger partial charge in [0, 0.05) is 29.9 Å². The molecule has 8 heteroatoms. The fourth-order valence-corrected chi connectivity index (χ4v) is 3.72. The molecule has 1 aromatic heterocycles. The topological polar surface area (TPSA) is 85.2 Å². The Hall–Kier alpha value is -3.68. The van der Waals surface area contributed by atoms with Gasteiger partial charge in [0.1, 0.15) is 17.3 Å². The van der Waals surface area contributed by atoms with Crippen molar-refractivity contribution in [2.24, 2.45) is 0 Å². The second-order valence-corrected chi connectivity index (χ2v) is 7.23. The highest BCUT2D eigenvalue weighted by Gasteiger charge is 2.27. The average molecular weight is 422 g/mol. The van der Waals surface area contributed by atoms with Gasteiger partial charge < -0.3 is 15.4 Å². The minimum atomic E-state index is -0.382. The number of hydrogen-bond donors (Lipinski definition) is 2. The summed E-state index contributed by atoms with van der Waals surface area (Å²) in [5, 5.41) is 9.96. The van der Waals surface area contributed by atoms with Gasteiger partial charge in [0.25, 0.3) is 11.8 Å². The van der Waals surface area contributed by atoms with Gasteiger partial charge in [0.05, 0.1) is 7.11 Å². The molecule has 2 aromatic carbocycles. The van der Waals surface area contributed by atoms with E-state index in [9.17, 15) is 14.0 Å². The Morgan fingerprint density at radius 1 is 1.03 bits per heavy atom. The maximum atomic E-state index is 14.3. The summed E-state index contributed by atoms with van der Waals surface area (Å²) in [4.78, 5) is 24.9. The molecule has 2 amide bonds. The van der Waals surface area contributed by atoms with Crippen LogP contribution in [0.15, 0.2) is 48.5 Å². The van der Waals surface area contributed by atoms with Gasteiger partial charge in [-0.2, -0.15) is 5.10 Å². The van der Waals surface area contributed by atoms with Crippen LogP contribution in [-0.2, 0) is 12.8 Å². The smallest absolute Gasteiger partial charge is 0.272 e. The molecule has 0 unspecified atom stereocenters. The summed E-state index contributed by atoms with van der Waals surface area (Å²) in [6.07, 6.45) is 2.39. The third kappa shape index (κ3) is 4.28. The Morgan fingerprint density at radius 3 is 2.45 bits per heavy atom. The normalized spacial score (nSPS) is 12.3. The van der Waals surface area contributed by atoms with Crippen molar-refractivity contribution in [3.05, 3.63) is 76.9 Å². The van der Waals surface area contributed by atoms with E-state index in [2.05, 4.69) is 15.7 Å². The van der Waals surface area contributed by atoms with Gasteiger partial charge in [-0.1, -0.05) is 12.1 Å². The molecule has 0 bridgehead atoms. The van der Waals surface area contributed by atoms with E-state index < -0.39 is 0 Å². The van der Waals surface area contributed by atoms with Crippen LogP contribution in [0.25, 0.3) is 5.69 Å². The molecular weight excluding hydrogens is 399 g/mol. The van der Waals surface area contributed by atoms with Crippen LogP contribution in [0.4, 0.5) is 4.39 Å². The van der Waals surface area contributed by atoms with Crippen molar-refractivity contribution < 1.29 is 18.7 Å². The molecule has 4 rings (SSSR count). The van der Waals surface area contributed by atoms with Crippen molar-refractivity contribution in [3.8, 4) is 11.4 Å². The van der Waals surface area contributed by atoms with E-state index in [1.165, 1.54) is 10.7 Å². The maximum absolute atomic E-state index is 14.3. The van der Waals surface area contributed by atoms with Crippen LogP contribution in [0.2, 0.25) is 0 Å². The number of benzene rings is 2. The van der Waals surface area contributed by atoms with Gasteiger partial charge in [-0.05, 0) is 55.7 Å². The molecular formula is C23H23FN4O3. The molecule has 0 spiro atoms. The number of ether oxygens (including phenoxy) is 1. The number of halogens is 1. The first-order chi connectivity index (χ1) is 15.1. The number of fused-ring (bicyclic) bond motifs is 1. The van der Waals surface area contributed by atoms with Crippen LogP contribution >= 0.6 is 0 Å². The molecule has 3 aromatic rings. The number of carbonyl (C=O) groups is 2. The largest absolute Gasteiger partial charge is 0.497 e. The lowest BCUT2D eigenvalue weighted by Crippen LogP contribution is -2.35. The van der Waals surface area contributed by atoms with E-state index in [-0.39, 0.29) is 30.7 Å². The molecule has 31 heavy (non-hydrogen) atoms. The second-order valence-electron chi connectivity index (χ2n) is 7.23. The molecule has 0 aliphatic heterocycles. The molecule has 1 aliphatic rings.